The standard InChI is InChI=1S/C70H128O6/c1-4-7-10-13-16-19-22-24-26-28-30-32-33-34-35-36-38-39-41-43-45-48-51-54-57-60-63-69(72)75-66-67(65-74-68(71)62-59-56-53-50-47-21-18-15-12-9-6-3)76-70(73)64-61-58-55-52-49-46-44-42-40-37-31-29-27-25-23-20-17-14-11-8-5-2/h8,11,17,20,25,27,31,37,67H,4-7,9-10,12-16,18-19,21-24,26,28-30,32-36,38-66H2,1-3H3/b11-8-,20-17-,27-25-,37-31-. The van der Waals surface area contributed by atoms with Gasteiger partial charge in [-0.15, -0.1) is 0 Å². The topological polar surface area (TPSA) is 78.9 Å². The molecule has 6 heteroatoms. The summed E-state index contributed by atoms with van der Waals surface area (Å²) in [5.41, 5.74) is 0. The predicted molar refractivity (Wildman–Crippen MR) is 330 cm³/mol. The number of carbonyl (C=O) groups is 3. The molecule has 0 aromatic rings. The molecule has 0 rings (SSSR count). The van der Waals surface area contributed by atoms with Crippen molar-refractivity contribution < 1.29 is 28.6 Å². The van der Waals surface area contributed by atoms with E-state index in [4.69, 9.17) is 14.2 Å². The van der Waals surface area contributed by atoms with E-state index in [0.29, 0.717) is 19.3 Å². The minimum absolute atomic E-state index is 0.0714. The lowest BCUT2D eigenvalue weighted by Gasteiger charge is -2.18. The van der Waals surface area contributed by atoms with Crippen LogP contribution < -0.4 is 0 Å². The Hall–Kier alpha value is -2.63. The molecule has 0 aliphatic rings. The molecule has 1 atom stereocenters. The molecule has 0 fully saturated rings. The van der Waals surface area contributed by atoms with Gasteiger partial charge in [0, 0.05) is 19.3 Å². The van der Waals surface area contributed by atoms with E-state index >= 15 is 0 Å². The Morgan fingerprint density at radius 2 is 0.513 bits per heavy atom. The summed E-state index contributed by atoms with van der Waals surface area (Å²) >= 11 is 0. The minimum Gasteiger partial charge on any atom is -0.462 e. The lowest BCUT2D eigenvalue weighted by Crippen LogP contribution is -2.30. The molecule has 0 N–H and O–H groups in total. The van der Waals surface area contributed by atoms with Crippen molar-refractivity contribution in [1.29, 1.82) is 0 Å². The summed E-state index contributed by atoms with van der Waals surface area (Å²) < 4.78 is 16.9. The molecular formula is C70H128O6. The van der Waals surface area contributed by atoms with Crippen LogP contribution in [-0.4, -0.2) is 37.2 Å². The molecule has 444 valence electrons. The number of allylic oxidation sites excluding steroid dienone is 8. The summed E-state index contributed by atoms with van der Waals surface area (Å²) in [7, 11) is 0. The highest BCUT2D eigenvalue weighted by Crippen LogP contribution is 2.18. The fourth-order valence-corrected chi connectivity index (χ4v) is 10.1. The van der Waals surface area contributed by atoms with Crippen molar-refractivity contribution >= 4 is 17.9 Å². The SMILES string of the molecule is CC/C=C\C/C=C\C/C=C\C/C=C\CCCCCCCCCCC(=O)OC(COC(=O)CCCCCCCCCCCCC)COC(=O)CCCCCCCCCCCCCCCCCCCCCCCCCCCC. The summed E-state index contributed by atoms with van der Waals surface area (Å²) in [4.78, 5) is 38.3. The first-order valence-electron chi connectivity index (χ1n) is 33.6. The quantitative estimate of drug-likeness (QED) is 0.0261. The third-order valence-electron chi connectivity index (χ3n) is 15.1. The number of ether oxygens (including phenoxy) is 3. The highest BCUT2D eigenvalue weighted by atomic mass is 16.6. The average molecular weight is 1070 g/mol. The second kappa shape index (κ2) is 64.9. The van der Waals surface area contributed by atoms with Gasteiger partial charge in [0.2, 0.25) is 0 Å². The Labute approximate surface area is 473 Å². The van der Waals surface area contributed by atoms with Crippen LogP contribution in [0.5, 0.6) is 0 Å². The summed E-state index contributed by atoms with van der Waals surface area (Å²) in [6.45, 7) is 6.58. The fraction of sp³-hybridized carbons (Fsp3) is 0.843. The Morgan fingerprint density at radius 3 is 0.803 bits per heavy atom. The molecule has 0 radical (unpaired) electrons. The Balaban J connectivity index is 4.20. The summed E-state index contributed by atoms with van der Waals surface area (Å²) in [6, 6.07) is 0. The molecule has 1 unspecified atom stereocenters. The zero-order valence-electron chi connectivity index (χ0n) is 51.0. The zero-order chi connectivity index (χ0) is 55.0. The van der Waals surface area contributed by atoms with E-state index in [-0.39, 0.29) is 31.1 Å². The van der Waals surface area contributed by atoms with E-state index in [1.165, 1.54) is 231 Å². The Bertz CT molecular complexity index is 1310. The molecule has 0 heterocycles. The van der Waals surface area contributed by atoms with Gasteiger partial charge in [-0.1, -0.05) is 333 Å². The molecule has 0 saturated carbocycles. The van der Waals surface area contributed by atoms with Gasteiger partial charge >= 0.3 is 17.9 Å². The number of hydrogen-bond acceptors (Lipinski definition) is 6. The van der Waals surface area contributed by atoms with E-state index in [2.05, 4.69) is 69.4 Å². The van der Waals surface area contributed by atoms with E-state index in [9.17, 15) is 14.4 Å². The van der Waals surface area contributed by atoms with Crippen molar-refractivity contribution in [3.05, 3.63) is 48.6 Å². The second-order valence-electron chi connectivity index (χ2n) is 22.7. The third-order valence-corrected chi connectivity index (χ3v) is 15.1. The molecular weight excluding hydrogens is 937 g/mol. The maximum Gasteiger partial charge on any atom is 0.306 e. The number of rotatable bonds is 62. The average Bonchev–Trinajstić information content (AvgIpc) is 3.42. The van der Waals surface area contributed by atoms with Gasteiger partial charge < -0.3 is 14.2 Å². The van der Waals surface area contributed by atoms with Crippen LogP contribution in [0.25, 0.3) is 0 Å². The zero-order valence-corrected chi connectivity index (χ0v) is 51.0. The lowest BCUT2D eigenvalue weighted by molar-refractivity contribution is -0.167. The second-order valence-corrected chi connectivity index (χ2v) is 22.7. The van der Waals surface area contributed by atoms with Crippen molar-refractivity contribution in [2.75, 3.05) is 13.2 Å². The van der Waals surface area contributed by atoms with E-state index in [1.807, 2.05) is 0 Å². The molecule has 0 bridgehead atoms. The number of hydrogen-bond donors (Lipinski definition) is 0. The normalized spacial score (nSPS) is 12.3. The van der Waals surface area contributed by atoms with Gasteiger partial charge in [0.05, 0.1) is 0 Å². The molecule has 0 spiro atoms. The fourth-order valence-electron chi connectivity index (χ4n) is 10.1. The summed E-state index contributed by atoms with van der Waals surface area (Å²) in [5, 5.41) is 0. The molecule has 0 aromatic heterocycles. The van der Waals surface area contributed by atoms with Crippen LogP contribution in [0.4, 0.5) is 0 Å². The van der Waals surface area contributed by atoms with Crippen LogP contribution in [-0.2, 0) is 28.6 Å². The predicted octanol–water partition coefficient (Wildman–Crippen LogP) is 22.9. The highest BCUT2D eigenvalue weighted by Gasteiger charge is 2.19. The van der Waals surface area contributed by atoms with Gasteiger partial charge in [-0.25, -0.2) is 0 Å². The molecule has 6 nitrogen and oxygen atoms in total. The summed E-state index contributed by atoms with van der Waals surface area (Å²) in [5.74, 6) is -0.857. The molecule has 0 aromatic carbocycles. The van der Waals surface area contributed by atoms with E-state index in [0.717, 1.165) is 89.9 Å². The van der Waals surface area contributed by atoms with Gasteiger partial charge in [-0.05, 0) is 57.8 Å². The maximum absolute atomic E-state index is 12.9. The van der Waals surface area contributed by atoms with Crippen molar-refractivity contribution in [3.8, 4) is 0 Å². The summed E-state index contributed by atoms with van der Waals surface area (Å²) in [6.07, 6.45) is 81.4. The van der Waals surface area contributed by atoms with Crippen molar-refractivity contribution in [2.45, 2.75) is 367 Å². The van der Waals surface area contributed by atoms with Crippen LogP contribution >= 0.6 is 0 Å². The van der Waals surface area contributed by atoms with Gasteiger partial charge in [0.15, 0.2) is 6.10 Å². The van der Waals surface area contributed by atoms with Crippen LogP contribution in [0.15, 0.2) is 48.6 Å². The van der Waals surface area contributed by atoms with Crippen molar-refractivity contribution in [1.82, 2.24) is 0 Å². The first kappa shape index (κ1) is 73.4. The van der Waals surface area contributed by atoms with E-state index in [1.54, 1.807) is 0 Å². The molecule has 0 aliphatic carbocycles. The molecule has 0 aliphatic heterocycles. The van der Waals surface area contributed by atoms with Gasteiger partial charge in [0.1, 0.15) is 13.2 Å². The van der Waals surface area contributed by atoms with Crippen LogP contribution in [0.1, 0.15) is 361 Å². The van der Waals surface area contributed by atoms with Crippen LogP contribution in [0, 0.1) is 0 Å². The highest BCUT2D eigenvalue weighted by molar-refractivity contribution is 5.71. The van der Waals surface area contributed by atoms with Crippen LogP contribution in [0.3, 0.4) is 0 Å². The Morgan fingerprint density at radius 1 is 0.276 bits per heavy atom. The minimum atomic E-state index is -0.775. The smallest absolute Gasteiger partial charge is 0.306 e. The van der Waals surface area contributed by atoms with Crippen molar-refractivity contribution in [3.63, 3.8) is 0 Å². The maximum atomic E-state index is 12.9. The van der Waals surface area contributed by atoms with Crippen molar-refractivity contribution in [2.24, 2.45) is 0 Å². The van der Waals surface area contributed by atoms with E-state index < -0.39 is 6.10 Å². The Kier molecular flexibility index (Phi) is 62.6. The first-order chi connectivity index (χ1) is 37.5. The number of unbranched alkanes of at least 4 members (excludes halogenated alkanes) is 43. The first-order valence-corrected chi connectivity index (χ1v) is 33.6. The van der Waals surface area contributed by atoms with Gasteiger partial charge in [0.25, 0.3) is 0 Å². The van der Waals surface area contributed by atoms with Crippen LogP contribution in [0.2, 0.25) is 0 Å². The van der Waals surface area contributed by atoms with Gasteiger partial charge in [-0.3, -0.25) is 14.4 Å². The lowest BCUT2D eigenvalue weighted by atomic mass is 10.0. The molecule has 76 heavy (non-hydrogen) atoms. The van der Waals surface area contributed by atoms with Gasteiger partial charge in [-0.2, -0.15) is 0 Å². The monoisotopic (exact) mass is 1060 g/mol. The molecule has 0 amide bonds. The molecule has 0 saturated heterocycles. The number of esters is 3. The largest absolute Gasteiger partial charge is 0.462 e. The third kappa shape index (κ3) is 62.2. The number of carbonyl (C=O) groups excluding carboxylic acids is 3.